The zero-order valence-corrected chi connectivity index (χ0v) is 9.50. The summed E-state index contributed by atoms with van der Waals surface area (Å²) in [4.78, 5) is 10.8. The van der Waals surface area contributed by atoms with Gasteiger partial charge < -0.3 is 14.3 Å². The molecule has 0 amide bonds. The molecule has 0 aliphatic rings. The van der Waals surface area contributed by atoms with Crippen LogP contribution in [0.25, 0.3) is 0 Å². The molecule has 0 saturated heterocycles. The first-order valence-corrected chi connectivity index (χ1v) is 4.76. The molecule has 3 heteroatoms. The molecule has 0 saturated carbocycles. The van der Waals surface area contributed by atoms with Gasteiger partial charge in [0.25, 0.3) is 0 Å². The van der Waals surface area contributed by atoms with E-state index in [-0.39, 0.29) is 6.79 Å². The van der Waals surface area contributed by atoms with E-state index in [4.69, 9.17) is 9.47 Å². The Morgan fingerprint density at radius 3 is 2.50 bits per heavy atom. The van der Waals surface area contributed by atoms with E-state index in [1.807, 2.05) is 13.8 Å². The number of aldehydes is 1. The highest BCUT2D eigenvalue weighted by Crippen LogP contribution is 2.15. The topological polar surface area (TPSA) is 35.5 Å². The van der Waals surface area contributed by atoms with Gasteiger partial charge in [0.15, 0.2) is 6.29 Å². The van der Waals surface area contributed by atoms with E-state index >= 15 is 0 Å². The molecular weight excluding hydrogens is 180 g/mol. The first-order chi connectivity index (χ1) is 6.54. The molecule has 0 aliphatic carbocycles. The van der Waals surface area contributed by atoms with E-state index in [1.54, 1.807) is 14.0 Å². The molecule has 0 spiro atoms. The molecule has 0 aromatic rings. The molecule has 1 atom stereocenters. The SMILES string of the molecule is COCOC(C)(C=O)CCC=C(C)C. The fourth-order valence-corrected chi connectivity index (χ4v) is 1.01. The number of hydrogen-bond donors (Lipinski definition) is 0. The minimum Gasteiger partial charge on any atom is -0.359 e. The fourth-order valence-electron chi connectivity index (χ4n) is 1.01. The van der Waals surface area contributed by atoms with Crippen molar-refractivity contribution in [3.05, 3.63) is 11.6 Å². The van der Waals surface area contributed by atoms with Gasteiger partial charge in [0.05, 0.1) is 0 Å². The van der Waals surface area contributed by atoms with Crippen molar-refractivity contribution in [3.8, 4) is 0 Å². The molecule has 0 heterocycles. The second-order valence-electron chi connectivity index (χ2n) is 3.80. The van der Waals surface area contributed by atoms with Crippen molar-refractivity contribution in [2.24, 2.45) is 0 Å². The van der Waals surface area contributed by atoms with Gasteiger partial charge in [0.2, 0.25) is 0 Å². The number of carbonyl (C=O) groups excluding carboxylic acids is 1. The highest BCUT2D eigenvalue weighted by molar-refractivity contribution is 5.61. The van der Waals surface area contributed by atoms with E-state index in [9.17, 15) is 4.79 Å². The lowest BCUT2D eigenvalue weighted by atomic mass is 10.0. The number of ether oxygens (including phenoxy) is 2. The zero-order chi connectivity index (χ0) is 11.0. The summed E-state index contributed by atoms with van der Waals surface area (Å²) in [5, 5.41) is 0. The fraction of sp³-hybridized carbons (Fsp3) is 0.727. The van der Waals surface area contributed by atoms with Gasteiger partial charge in [-0.3, -0.25) is 0 Å². The van der Waals surface area contributed by atoms with Gasteiger partial charge in [0.1, 0.15) is 12.4 Å². The number of methoxy groups -OCH3 is 1. The summed E-state index contributed by atoms with van der Waals surface area (Å²) in [5.41, 5.74) is 0.534. The smallest absolute Gasteiger partial charge is 0.151 e. The van der Waals surface area contributed by atoms with Crippen molar-refractivity contribution in [2.75, 3.05) is 13.9 Å². The van der Waals surface area contributed by atoms with E-state index in [1.165, 1.54) is 5.57 Å². The van der Waals surface area contributed by atoms with Gasteiger partial charge in [-0.2, -0.15) is 0 Å². The normalized spacial score (nSPS) is 14.6. The molecule has 1 unspecified atom stereocenters. The van der Waals surface area contributed by atoms with Gasteiger partial charge >= 0.3 is 0 Å². The molecule has 82 valence electrons. The van der Waals surface area contributed by atoms with E-state index in [0.29, 0.717) is 6.42 Å². The van der Waals surface area contributed by atoms with Crippen LogP contribution in [0, 0.1) is 0 Å². The summed E-state index contributed by atoms with van der Waals surface area (Å²) in [7, 11) is 1.54. The predicted octanol–water partition coefficient (Wildman–Crippen LogP) is 2.31. The van der Waals surface area contributed by atoms with Crippen LogP contribution in [0.15, 0.2) is 11.6 Å². The van der Waals surface area contributed by atoms with Crippen molar-refractivity contribution in [2.45, 2.75) is 39.2 Å². The number of hydrogen-bond acceptors (Lipinski definition) is 3. The lowest BCUT2D eigenvalue weighted by Crippen LogP contribution is -2.31. The third-order valence-corrected chi connectivity index (χ3v) is 1.95. The van der Waals surface area contributed by atoms with Crippen LogP contribution >= 0.6 is 0 Å². The number of allylic oxidation sites excluding steroid dienone is 2. The van der Waals surface area contributed by atoms with Gasteiger partial charge in [-0.1, -0.05) is 11.6 Å². The Balaban J connectivity index is 3.98. The predicted molar refractivity (Wildman–Crippen MR) is 56.1 cm³/mol. The Morgan fingerprint density at radius 2 is 2.07 bits per heavy atom. The van der Waals surface area contributed by atoms with Crippen LogP contribution in [0.3, 0.4) is 0 Å². The highest BCUT2D eigenvalue weighted by Gasteiger charge is 2.23. The average molecular weight is 200 g/mol. The molecule has 0 aromatic carbocycles. The maximum Gasteiger partial charge on any atom is 0.151 e. The van der Waals surface area contributed by atoms with Gasteiger partial charge in [0, 0.05) is 7.11 Å². The van der Waals surface area contributed by atoms with E-state index in [0.717, 1.165) is 12.7 Å². The standard InChI is InChI=1S/C11H20O3/c1-10(2)6-5-7-11(3,8-12)14-9-13-4/h6,8H,5,7,9H2,1-4H3. The first kappa shape index (κ1) is 13.3. The average Bonchev–Trinajstić information content (AvgIpc) is 2.14. The Kier molecular flexibility index (Phi) is 6.41. The molecular formula is C11H20O3. The van der Waals surface area contributed by atoms with Crippen molar-refractivity contribution >= 4 is 6.29 Å². The van der Waals surface area contributed by atoms with Gasteiger partial charge in [-0.15, -0.1) is 0 Å². The molecule has 0 N–H and O–H groups in total. The Morgan fingerprint density at radius 1 is 1.43 bits per heavy atom. The molecule has 0 aromatic heterocycles. The quantitative estimate of drug-likeness (QED) is 0.359. The number of carbonyl (C=O) groups is 1. The second-order valence-corrected chi connectivity index (χ2v) is 3.80. The van der Waals surface area contributed by atoms with Crippen molar-refractivity contribution in [1.29, 1.82) is 0 Å². The van der Waals surface area contributed by atoms with E-state index in [2.05, 4.69) is 6.08 Å². The summed E-state index contributed by atoms with van der Waals surface area (Å²) in [6.45, 7) is 6.00. The molecule has 14 heavy (non-hydrogen) atoms. The summed E-state index contributed by atoms with van der Waals surface area (Å²) in [6, 6.07) is 0. The lowest BCUT2D eigenvalue weighted by molar-refractivity contribution is -0.148. The third-order valence-electron chi connectivity index (χ3n) is 1.95. The van der Waals surface area contributed by atoms with Crippen LogP contribution in [0.2, 0.25) is 0 Å². The minimum atomic E-state index is -0.720. The summed E-state index contributed by atoms with van der Waals surface area (Å²) in [5.74, 6) is 0. The van der Waals surface area contributed by atoms with Crippen LogP contribution in [0.4, 0.5) is 0 Å². The van der Waals surface area contributed by atoms with Crippen LogP contribution in [0.5, 0.6) is 0 Å². The monoisotopic (exact) mass is 200 g/mol. The Hall–Kier alpha value is -0.670. The molecule has 0 radical (unpaired) electrons. The second kappa shape index (κ2) is 6.74. The molecule has 0 rings (SSSR count). The zero-order valence-electron chi connectivity index (χ0n) is 9.50. The van der Waals surface area contributed by atoms with Crippen molar-refractivity contribution < 1.29 is 14.3 Å². The first-order valence-electron chi connectivity index (χ1n) is 4.76. The molecule has 3 nitrogen and oxygen atoms in total. The van der Waals surface area contributed by atoms with Crippen LogP contribution < -0.4 is 0 Å². The summed E-state index contributed by atoms with van der Waals surface area (Å²) >= 11 is 0. The number of rotatable bonds is 7. The molecule has 0 fully saturated rings. The summed E-state index contributed by atoms with van der Waals surface area (Å²) < 4.78 is 10.1. The highest BCUT2D eigenvalue weighted by atomic mass is 16.7. The van der Waals surface area contributed by atoms with Gasteiger partial charge in [-0.05, 0) is 33.6 Å². The molecule has 0 bridgehead atoms. The Labute approximate surface area is 86.1 Å². The minimum absolute atomic E-state index is 0.157. The van der Waals surface area contributed by atoms with Gasteiger partial charge in [-0.25, -0.2) is 0 Å². The van der Waals surface area contributed by atoms with Crippen LogP contribution in [0.1, 0.15) is 33.6 Å². The third kappa shape index (κ3) is 5.89. The van der Waals surface area contributed by atoms with Crippen LogP contribution in [-0.4, -0.2) is 25.8 Å². The van der Waals surface area contributed by atoms with E-state index < -0.39 is 5.60 Å². The summed E-state index contributed by atoms with van der Waals surface area (Å²) in [6.07, 6.45) is 4.47. The maximum absolute atomic E-state index is 10.8. The van der Waals surface area contributed by atoms with Crippen molar-refractivity contribution in [3.63, 3.8) is 0 Å². The molecule has 0 aliphatic heterocycles. The van der Waals surface area contributed by atoms with Crippen molar-refractivity contribution in [1.82, 2.24) is 0 Å². The lowest BCUT2D eigenvalue weighted by Gasteiger charge is -2.22. The maximum atomic E-state index is 10.8. The Bertz CT molecular complexity index is 195. The van der Waals surface area contributed by atoms with Crippen LogP contribution in [-0.2, 0) is 14.3 Å². The largest absolute Gasteiger partial charge is 0.359 e.